The van der Waals surface area contributed by atoms with Crippen LogP contribution >= 0.6 is 34.4 Å². The number of nitrogens with one attached hydrogen (secondary N) is 2. The molecule has 0 unspecified atom stereocenters. The van der Waals surface area contributed by atoms with Crippen molar-refractivity contribution in [3.63, 3.8) is 0 Å². The summed E-state index contributed by atoms with van der Waals surface area (Å²) in [5, 5.41) is 14.8. The molecule has 0 saturated heterocycles. The van der Waals surface area contributed by atoms with Crippen molar-refractivity contribution < 1.29 is 14.3 Å². The maximum Gasteiger partial charge on any atom is 0.341 e. The Labute approximate surface area is 152 Å². The Morgan fingerprint density at radius 1 is 1.29 bits per heavy atom. The van der Waals surface area contributed by atoms with Crippen LogP contribution in [0.4, 0.5) is 10.1 Å². The number of anilines is 2. The van der Waals surface area contributed by atoms with Gasteiger partial charge in [-0.1, -0.05) is 30.0 Å². The minimum Gasteiger partial charge on any atom is -0.462 e. The summed E-state index contributed by atoms with van der Waals surface area (Å²) in [6, 6.07) is 1.77. The van der Waals surface area contributed by atoms with Gasteiger partial charge in [-0.2, -0.15) is 0 Å². The van der Waals surface area contributed by atoms with Gasteiger partial charge in [-0.05, 0) is 19.4 Å². The van der Waals surface area contributed by atoms with Crippen LogP contribution in [-0.4, -0.2) is 41.5 Å². The second-order valence-electron chi connectivity index (χ2n) is 4.49. The molecule has 2 aromatic rings. The molecule has 0 atom stereocenters. The van der Waals surface area contributed by atoms with Gasteiger partial charge in [0.1, 0.15) is 5.00 Å². The molecule has 2 heterocycles. The van der Waals surface area contributed by atoms with Crippen molar-refractivity contribution in [2.45, 2.75) is 24.6 Å². The highest BCUT2D eigenvalue weighted by Crippen LogP contribution is 2.30. The van der Waals surface area contributed by atoms with Gasteiger partial charge in [-0.25, -0.2) is 4.79 Å². The fourth-order valence-corrected chi connectivity index (χ4v) is 4.23. The maximum absolute atomic E-state index is 12.2. The standard InChI is InChI=1S/C14H18N4O3S3/c1-4-8-6-9(12(20)21-5-2)11(23-8)16-10(19)7-22-14-18-17-13(15-3)24-14/h6H,4-5,7H2,1-3H3,(H,15,17)(H,16,19). The second-order valence-corrected chi connectivity index (χ2v) is 7.83. The van der Waals surface area contributed by atoms with Crippen molar-refractivity contribution in [2.75, 3.05) is 30.0 Å². The Bertz CT molecular complexity index is 714. The molecule has 0 aliphatic carbocycles. The summed E-state index contributed by atoms with van der Waals surface area (Å²) in [6.07, 6.45) is 0.791. The molecule has 0 fully saturated rings. The van der Waals surface area contributed by atoms with E-state index in [2.05, 4.69) is 20.8 Å². The van der Waals surface area contributed by atoms with Crippen molar-refractivity contribution in [3.05, 3.63) is 16.5 Å². The third-order valence-corrected chi connectivity index (χ3v) is 6.10. The minimum absolute atomic E-state index is 0.194. The average Bonchev–Trinajstić information content (AvgIpc) is 3.19. The van der Waals surface area contributed by atoms with Gasteiger partial charge in [-0.15, -0.1) is 21.5 Å². The Balaban J connectivity index is 1.99. The molecule has 0 bridgehead atoms. The van der Waals surface area contributed by atoms with Crippen LogP contribution in [0.3, 0.4) is 0 Å². The third kappa shape index (κ3) is 4.92. The molecule has 24 heavy (non-hydrogen) atoms. The number of carbonyl (C=O) groups is 2. The Kier molecular flexibility index (Phi) is 7.00. The second kappa shape index (κ2) is 9.00. The van der Waals surface area contributed by atoms with Crippen molar-refractivity contribution in [1.29, 1.82) is 0 Å². The van der Waals surface area contributed by atoms with Crippen molar-refractivity contribution in [1.82, 2.24) is 10.2 Å². The Hall–Kier alpha value is -1.65. The number of ether oxygens (including phenoxy) is 1. The topological polar surface area (TPSA) is 93.2 Å². The lowest BCUT2D eigenvalue weighted by molar-refractivity contribution is -0.113. The van der Waals surface area contributed by atoms with Crippen LogP contribution in [0.25, 0.3) is 0 Å². The van der Waals surface area contributed by atoms with Gasteiger partial charge in [0.15, 0.2) is 4.34 Å². The van der Waals surface area contributed by atoms with Gasteiger partial charge in [0.25, 0.3) is 0 Å². The van der Waals surface area contributed by atoms with Crippen molar-refractivity contribution >= 4 is 56.4 Å². The first-order valence-electron chi connectivity index (χ1n) is 7.31. The average molecular weight is 387 g/mol. The van der Waals surface area contributed by atoms with Crippen molar-refractivity contribution in [3.8, 4) is 0 Å². The molecule has 2 rings (SSSR count). The highest BCUT2D eigenvalue weighted by Gasteiger charge is 2.19. The van der Waals surface area contributed by atoms with Crippen molar-refractivity contribution in [2.24, 2.45) is 0 Å². The van der Waals surface area contributed by atoms with E-state index in [1.54, 1.807) is 20.0 Å². The van der Waals surface area contributed by atoms with E-state index < -0.39 is 5.97 Å². The molecule has 2 aromatic heterocycles. The summed E-state index contributed by atoms with van der Waals surface area (Å²) in [7, 11) is 1.76. The monoisotopic (exact) mass is 386 g/mol. The normalized spacial score (nSPS) is 10.5. The molecule has 130 valence electrons. The predicted octanol–water partition coefficient (Wildman–Crippen LogP) is 3.11. The van der Waals surface area contributed by atoms with Crippen LogP contribution in [0, 0.1) is 0 Å². The van der Waals surface area contributed by atoms with Gasteiger partial charge in [0, 0.05) is 11.9 Å². The number of nitrogens with zero attached hydrogens (tertiary/aromatic N) is 2. The smallest absolute Gasteiger partial charge is 0.341 e. The number of aryl methyl sites for hydroxylation is 1. The zero-order chi connectivity index (χ0) is 17.5. The van der Waals surface area contributed by atoms with Crippen LogP contribution in [0.5, 0.6) is 0 Å². The fourth-order valence-electron chi connectivity index (χ4n) is 1.73. The van der Waals surface area contributed by atoms with E-state index in [1.807, 2.05) is 6.92 Å². The quantitative estimate of drug-likeness (QED) is 0.532. The third-order valence-electron chi connectivity index (χ3n) is 2.83. The van der Waals surface area contributed by atoms with Gasteiger partial charge >= 0.3 is 5.97 Å². The van der Waals surface area contributed by atoms with Gasteiger partial charge < -0.3 is 15.4 Å². The zero-order valence-corrected chi connectivity index (χ0v) is 16.0. The largest absolute Gasteiger partial charge is 0.462 e. The van der Waals surface area contributed by atoms with E-state index in [4.69, 9.17) is 4.74 Å². The Morgan fingerprint density at radius 2 is 2.08 bits per heavy atom. The van der Waals surface area contributed by atoms with E-state index >= 15 is 0 Å². The van der Waals surface area contributed by atoms with E-state index in [0.29, 0.717) is 26.6 Å². The maximum atomic E-state index is 12.2. The number of hydrogen-bond donors (Lipinski definition) is 2. The van der Waals surface area contributed by atoms with E-state index in [0.717, 1.165) is 11.3 Å². The number of carbonyl (C=O) groups excluding carboxylic acids is 2. The molecule has 0 saturated carbocycles. The minimum atomic E-state index is -0.417. The summed E-state index contributed by atoms with van der Waals surface area (Å²) < 4.78 is 5.75. The van der Waals surface area contributed by atoms with E-state index in [1.165, 1.54) is 34.4 Å². The summed E-state index contributed by atoms with van der Waals surface area (Å²) in [5.41, 5.74) is 0.408. The van der Waals surface area contributed by atoms with Crippen LogP contribution < -0.4 is 10.6 Å². The first-order chi connectivity index (χ1) is 11.6. The molecule has 0 spiro atoms. The van der Waals surface area contributed by atoms with Crippen LogP contribution in [0.1, 0.15) is 29.1 Å². The molecule has 1 amide bonds. The molecule has 0 aliphatic heterocycles. The van der Waals surface area contributed by atoms with E-state index in [-0.39, 0.29) is 11.7 Å². The lowest BCUT2D eigenvalue weighted by Gasteiger charge is -2.05. The molecule has 0 radical (unpaired) electrons. The SMILES string of the molecule is CCOC(=O)c1cc(CC)sc1NC(=O)CSc1nnc(NC)s1. The Morgan fingerprint density at radius 3 is 2.71 bits per heavy atom. The number of rotatable bonds is 8. The molecule has 10 heteroatoms. The highest BCUT2D eigenvalue weighted by molar-refractivity contribution is 8.01. The highest BCUT2D eigenvalue weighted by atomic mass is 32.2. The first kappa shape index (κ1) is 18.7. The summed E-state index contributed by atoms with van der Waals surface area (Å²) in [6.45, 7) is 4.04. The van der Waals surface area contributed by atoms with Gasteiger partial charge in [-0.3, -0.25) is 4.79 Å². The number of aromatic nitrogens is 2. The number of thiophene rings is 1. The van der Waals surface area contributed by atoms with Crippen LogP contribution in [0.2, 0.25) is 0 Å². The van der Waals surface area contributed by atoms with Gasteiger partial charge in [0.2, 0.25) is 11.0 Å². The van der Waals surface area contributed by atoms with Crippen LogP contribution in [-0.2, 0) is 16.0 Å². The number of thioether (sulfide) groups is 1. The molecule has 2 N–H and O–H groups in total. The lowest BCUT2D eigenvalue weighted by Crippen LogP contribution is -2.15. The van der Waals surface area contributed by atoms with Gasteiger partial charge in [0.05, 0.1) is 17.9 Å². The number of esters is 1. The summed E-state index contributed by atoms with van der Waals surface area (Å²) in [5.74, 6) is -0.421. The lowest BCUT2D eigenvalue weighted by atomic mass is 10.2. The first-order valence-corrected chi connectivity index (χ1v) is 9.92. The van der Waals surface area contributed by atoms with Crippen LogP contribution in [0.15, 0.2) is 10.4 Å². The summed E-state index contributed by atoms with van der Waals surface area (Å²) in [4.78, 5) is 25.2. The fraction of sp³-hybridized carbons (Fsp3) is 0.429. The molecule has 0 aromatic carbocycles. The molecule has 7 nitrogen and oxygen atoms in total. The molecular formula is C14H18N4O3S3. The zero-order valence-electron chi connectivity index (χ0n) is 13.5. The summed E-state index contributed by atoms with van der Waals surface area (Å²) >= 11 is 4.08. The number of amides is 1. The van der Waals surface area contributed by atoms with E-state index in [9.17, 15) is 9.59 Å². The number of hydrogen-bond acceptors (Lipinski definition) is 9. The molecule has 0 aliphatic rings. The molecular weight excluding hydrogens is 368 g/mol. The predicted molar refractivity (Wildman–Crippen MR) is 98.5 cm³/mol.